The lowest BCUT2D eigenvalue weighted by Crippen LogP contribution is -2.47. The molecule has 0 aliphatic carbocycles. The molecule has 3 rings (SSSR count). The predicted octanol–water partition coefficient (Wildman–Crippen LogP) is 1.98. The van der Waals surface area contributed by atoms with Crippen LogP contribution in [0.25, 0.3) is 0 Å². The summed E-state index contributed by atoms with van der Waals surface area (Å²) < 4.78 is 13.5. The van der Waals surface area contributed by atoms with E-state index >= 15 is 0 Å². The number of anilines is 1. The molecule has 2 aliphatic heterocycles. The van der Waals surface area contributed by atoms with Crippen LogP contribution in [0.5, 0.6) is 0 Å². The van der Waals surface area contributed by atoms with E-state index in [0.29, 0.717) is 12.1 Å². The van der Waals surface area contributed by atoms with Crippen LogP contribution in [0.2, 0.25) is 0 Å². The Balaban J connectivity index is 1.92. The number of benzene rings is 1. The van der Waals surface area contributed by atoms with Gasteiger partial charge in [-0.1, -0.05) is 0 Å². The number of fused-ring (bicyclic) bond motifs is 1. The summed E-state index contributed by atoms with van der Waals surface area (Å²) in [7, 11) is 0. The van der Waals surface area contributed by atoms with E-state index in [-0.39, 0.29) is 5.82 Å². The van der Waals surface area contributed by atoms with Gasteiger partial charge >= 0.3 is 0 Å². The smallest absolute Gasteiger partial charge is 0.123 e. The average Bonchev–Trinajstić information content (AvgIpc) is 2.39. The highest BCUT2D eigenvalue weighted by Gasteiger charge is 2.29. The molecule has 18 heavy (non-hydrogen) atoms. The molecule has 2 aliphatic rings. The first-order valence-electron chi connectivity index (χ1n) is 6.75. The Hall–Kier alpha value is -1.13. The Kier molecular flexibility index (Phi) is 3.22. The zero-order valence-corrected chi connectivity index (χ0v) is 10.7. The Morgan fingerprint density at radius 2 is 2.06 bits per heavy atom. The lowest BCUT2D eigenvalue weighted by atomic mass is 9.92. The van der Waals surface area contributed by atoms with E-state index in [1.54, 1.807) is 12.1 Å². The van der Waals surface area contributed by atoms with E-state index in [1.165, 1.54) is 0 Å². The van der Waals surface area contributed by atoms with Crippen molar-refractivity contribution in [3.8, 4) is 0 Å². The molecular weight excluding hydrogens is 229 g/mol. The van der Waals surface area contributed by atoms with Crippen LogP contribution in [0.1, 0.15) is 24.9 Å². The quantitative estimate of drug-likeness (QED) is 0.797. The minimum Gasteiger partial charge on any atom is -0.382 e. The van der Waals surface area contributed by atoms with Gasteiger partial charge in [-0.25, -0.2) is 4.39 Å². The van der Waals surface area contributed by atoms with Crippen LogP contribution in [0.4, 0.5) is 10.1 Å². The van der Waals surface area contributed by atoms with Crippen molar-refractivity contribution in [3.05, 3.63) is 29.6 Å². The van der Waals surface area contributed by atoms with Crippen molar-refractivity contribution in [1.82, 2.24) is 10.2 Å². The van der Waals surface area contributed by atoms with Gasteiger partial charge in [0.25, 0.3) is 0 Å². The van der Waals surface area contributed by atoms with E-state index in [9.17, 15) is 4.39 Å². The summed E-state index contributed by atoms with van der Waals surface area (Å²) in [6.45, 7) is 6.36. The number of hydrogen-bond acceptors (Lipinski definition) is 3. The van der Waals surface area contributed by atoms with Gasteiger partial charge in [-0.15, -0.1) is 0 Å². The molecule has 2 heterocycles. The molecule has 1 saturated heterocycles. The number of nitrogens with one attached hydrogen (secondary N) is 2. The first-order chi connectivity index (χ1) is 8.74. The normalized spacial score (nSPS) is 28.6. The van der Waals surface area contributed by atoms with Crippen molar-refractivity contribution < 1.29 is 4.39 Å². The van der Waals surface area contributed by atoms with E-state index in [1.807, 2.05) is 6.07 Å². The highest BCUT2D eigenvalue weighted by atomic mass is 19.1. The summed E-state index contributed by atoms with van der Waals surface area (Å²) in [5, 5.41) is 6.82. The molecule has 1 fully saturated rings. The van der Waals surface area contributed by atoms with Gasteiger partial charge in [0, 0.05) is 44.0 Å². The predicted molar refractivity (Wildman–Crippen MR) is 71.3 cm³/mol. The Labute approximate surface area is 107 Å². The summed E-state index contributed by atoms with van der Waals surface area (Å²) in [5.74, 6) is -0.134. The lowest BCUT2D eigenvalue weighted by Gasteiger charge is -2.40. The molecule has 0 amide bonds. The molecular formula is C14H20FN3. The van der Waals surface area contributed by atoms with Crippen LogP contribution in [-0.4, -0.2) is 37.1 Å². The highest BCUT2D eigenvalue weighted by Crippen LogP contribution is 2.36. The molecule has 1 aromatic carbocycles. The molecule has 2 N–H and O–H groups in total. The number of rotatable bonds is 1. The monoisotopic (exact) mass is 249 g/mol. The van der Waals surface area contributed by atoms with E-state index in [2.05, 4.69) is 22.5 Å². The maximum Gasteiger partial charge on any atom is 0.123 e. The summed E-state index contributed by atoms with van der Waals surface area (Å²) in [6.07, 6.45) is 1.05. The molecule has 0 spiro atoms. The average molecular weight is 249 g/mol. The molecule has 0 aromatic heterocycles. The Morgan fingerprint density at radius 1 is 1.28 bits per heavy atom. The van der Waals surface area contributed by atoms with Gasteiger partial charge in [-0.3, -0.25) is 4.90 Å². The fraction of sp³-hybridized carbons (Fsp3) is 0.571. The molecule has 1 aromatic rings. The van der Waals surface area contributed by atoms with Crippen molar-refractivity contribution in [3.63, 3.8) is 0 Å². The van der Waals surface area contributed by atoms with Gasteiger partial charge in [-0.2, -0.15) is 0 Å². The van der Waals surface area contributed by atoms with Crippen LogP contribution in [0.3, 0.4) is 0 Å². The third kappa shape index (κ3) is 2.22. The molecule has 2 atom stereocenters. The zero-order valence-electron chi connectivity index (χ0n) is 10.7. The third-order valence-corrected chi connectivity index (χ3v) is 3.94. The van der Waals surface area contributed by atoms with Gasteiger partial charge in [0.2, 0.25) is 0 Å². The first kappa shape index (κ1) is 11.9. The van der Waals surface area contributed by atoms with Crippen LogP contribution in [0.15, 0.2) is 18.2 Å². The molecule has 4 heteroatoms. The molecule has 98 valence electrons. The minimum absolute atomic E-state index is 0.134. The number of nitrogens with zero attached hydrogens (tertiary/aromatic N) is 1. The van der Waals surface area contributed by atoms with Gasteiger partial charge in [-0.05, 0) is 37.1 Å². The first-order valence-corrected chi connectivity index (χ1v) is 6.75. The van der Waals surface area contributed by atoms with Crippen LogP contribution < -0.4 is 10.6 Å². The lowest BCUT2D eigenvalue weighted by molar-refractivity contribution is 0.159. The van der Waals surface area contributed by atoms with E-state index in [0.717, 1.165) is 43.9 Å². The standard InChI is InChI=1S/C14H20FN3/c1-10-8-14(18-6-4-16-5-7-18)12-9-11(15)2-3-13(12)17-10/h2-3,9-10,14,16-17H,4-8H2,1H3. The second-order valence-corrected chi connectivity index (χ2v) is 5.31. The molecule has 2 unspecified atom stereocenters. The van der Waals surface area contributed by atoms with Crippen molar-refractivity contribution in [2.75, 3.05) is 31.5 Å². The maximum atomic E-state index is 13.5. The van der Waals surface area contributed by atoms with Crippen LogP contribution >= 0.6 is 0 Å². The molecule has 0 saturated carbocycles. The second-order valence-electron chi connectivity index (χ2n) is 5.31. The summed E-state index contributed by atoms with van der Waals surface area (Å²) in [6, 6.07) is 5.91. The number of piperazine rings is 1. The molecule has 0 bridgehead atoms. The topological polar surface area (TPSA) is 27.3 Å². The summed E-state index contributed by atoms with van der Waals surface area (Å²) >= 11 is 0. The highest BCUT2D eigenvalue weighted by molar-refractivity contribution is 5.55. The Morgan fingerprint density at radius 3 is 2.83 bits per heavy atom. The van der Waals surface area contributed by atoms with Gasteiger partial charge in [0.05, 0.1) is 0 Å². The largest absolute Gasteiger partial charge is 0.382 e. The van der Waals surface area contributed by atoms with E-state index in [4.69, 9.17) is 0 Å². The van der Waals surface area contributed by atoms with Crippen LogP contribution in [-0.2, 0) is 0 Å². The van der Waals surface area contributed by atoms with Gasteiger partial charge in [0.15, 0.2) is 0 Å². The molecule has 3 nitrogen and oxygen atoms in total. The summed E-state index contributed by atoms with van der Waals surface area (Å²) in [5.41, 5.74) is 2.22. The maximum absolute atomic E-state index is 13.5. The van der Waals surface area contributed by atoms with Crippen molar-refractivity contribution in [2.24, 2.45) is 0 Å². The minimum atomic E-state index is -0.134. The van der Waals surface area contributed by atoms with Crippen molar-refractivity contribution >= 4 is 5.69 Å². The number of halogens is 1. The molecule has 0 radical (unpaired) electrons. The van der Waals surface area contributed by atoms with Gasteiger partial charge < -0.3 is 10.6 Å². The summed E-state index contributed by atoms with van der Waals surface area (Å²) in [4.78, 5) is 2.48. The third-order valence-electron chi connectivity index (χ3n) is 3.94. The van der Waals surface area contributed by atoms with Gasteiger partial charge in [0.1, 0.15) is 5.82 Å². The zero-order chi connectivity index (χ0) is 12.5. The van der Waals surface area contributed by atoms with E-state index < -0.39 is 0 Å². The fourth-order valence-electron chi connectivity index (χ4n) is 3.07. The fourth-order valence-corrected chi connectivity index (χ4v) is 3.07. The second kappa shape index (κ2) is 4.86. The Bertz CT molecular complexity index is 429. The number of hydrogen-bond donors (Lipinski definition) is 2. The van der Waals surface area contributed by atoms with Crippen LogP contribution in [0, 0.1) is 5.82 Å². The SMILES string of the molecule is CC1CC(N2CCNCC2)c2cc(F)ccc2N1. The van der Waals surface area contributed by atoms with Crippen molar-refractivity contribution in [2.45, 2.75) is 25.4 Å². The van der Waals surface area contributed by atoms with Crippen molar-refractivity contribution in [1.29, 1.82) is 0 Å².